The van der Waals surface area contributed by atoms with Crippen LogP contribution in [0, 0.1) is 34.5 Å². The minimum Gasteiger partial charge on any atom is -0.320 e. The molecular formula is C29H39NO. The average Bonchev–Trinajstić information content (AvgIpc) is 3.09. The van der Waals surface area contributed by atoms with E-state index in [1.54, 1.807) is 5.57 Å². The fraction of sp³-hybridized carbons (Fsp3) is 0.621. The molecule has 0 radical (unpaired) electrons. The summed E-state index contributed by atoms with van der Waals surface area (Å²) in [5.41, 5.74) is 11.3. The van der Waals surface area contributed by atoms with Crippen molar-refractivity contribution in [3.8, 4) is 0 Å². The van der Waals surface area contributed by atoms with Crippen LogP contribution in [0.25, 0.3) is 6.08 Å². The number of allylic oxidation sites excluding steroid dienone is 2. The van der Waals surface area contributed by atoms with E-state index in [0.717, 1.165) is 47.8 Å². The van der Waals surface area contributed by atoms with E-state index in [0.29, 0.717) is 17.6 Å². The van der Waals surface area contributed by atoms with Crippen molar-refractivity contribution in [2.45, 2.75) is 78.7 Å². The minimum atomic E-state index is -0.310. The summed E-state index contributed by atoms with van der Waals surface area (Å²) in [7, 11) is 0. The standard InChI is InChI=1S/C29H39NO/c1-18(2)19-10-12-24-21(16-19)11-13-25-28(24,3)14-7-15-29(25,4)27(31)23-17-20-8-5-6-9-22(20)26(23)30/h5-6,8-9,11,17-19,24-26H,7,10,12-16,30H2,1-4H3. The van der Waals surface area contributed by atoms with Crippen LogP contribution in [-0.4, -0.2) is 5.78 Å². The molecule has 4 aliphatic carbocycles. The summed E-state index contributed by atoms with van der Waals surface area (Å²) in [6.45, 7) is 9.55. The van der Waals surface area contributed by atoms with Crippen LogP contribution in [-0.2, 0) is 4.79 Å². The van der Waals surface area contributed by atoms with Crippen LogP contribution < -0.4 is 5.73 Å². The summed E-state index contributed by atoms with van der Waals surface area (Å²) in [6.07, 6.45) is 13.0. The smallest absolute Gasteiger partial charge is 0.166 e. The lowest BCUT2D eigenvalue weighted by molar-refractivity contribution is -0.138. The molecule has 2 nitrogen and oxygen atoms in total. The summed E-state index contributed by atoms with van der Waals surface area (Å²) < 4.78 is 0. The van der Waals surface area contributed by atoms with Crippen molar-refractivity contribution in [3.05, 3.63) is 52.6 Å². The van der Waals surface area contributed by atoms with Crippen molar-refractivity contribution in [2.24, 2.45) is 40.2 Å². The maximum absolute atomic E-state index is 14.1. The predicted octanol–water partition coefficient (Wildman–Crippen LogP) is 6.87. The number of carbonyl (C=O) groups is 1. The number of carbonyl (C=O) groups excluding carboxylic acids is 1. The third-order valence-corrected chi connectivity index (χ3v) is 9.86. The largest absolute Gasteiger partial charge is 0.320 e. The van der Waals surface area contributed by atoms with Crippen LogP contribution >= 0.6 is 0 Å². The lowest BCUT2D eigenvalue weighted by Gasteiger charge is -2.59. The first-order chi connectivity index (χ1) is 14.8. The first-order valence-corrected chi connectivity index (χ1v) is 12.6. The van der Waals surface area contributed by atoms with E-state index >= 15 is 0 Å². The Bertz CT molecular complexity index is 955. The normalized spacial score (nSPS) is 39.3. The fourth-order valence-corrected chi connectivity index (χ4v) is 7.95. The van der Waals surface area contributed by atoms with Gasteiger partial charge < -0.3 is 5.73 Å². The van der Waals surface area contributed by atoms with Gasteiger partial charge in [-0.25, -0.2) is 0 Å². The van der Waals surface area contributed by atoms with Crippen molar-refractivity contribution in [2.75, 3.05) is 0 Å². The molecule has 0 spiro atoms. The Balaban J connectivity index is 1.47. The topological polar surface area (TPSA) is 43.1 Å². The third-order valence-electron chi connectivity index (χ3n) is 9.86. The van der Waals surface area contributed by atoms with Crippen LogP contribution in [0.4, 0.5) is 0 Å². The molecule has 0 heterocycles. The Labute approximate surface area is 188 Å². The van der Waals surface area contributed by atoms with Gasteiger partial charge in [-0.3, -0.25) is 4.79 Å². The zero-order valence-electron chi connectivity index (χ0n) is 19.8. The molecule has 0 aromatic heterocycles. The van der Waals surface area contributed by atoms with Gasteiger partial charge in [0.05, 0.1) is 6.04 Å². The Morgan fingerprint density at radius 3 is 2.65 bits per heavy atom. The molecule has 1 aromatic rings. The molecule has 0 amide bonds. The van der Waals surface area contributed by atoms with Gasteiger partial charge in [-0.15, -0.1) is 0 Å². The fourth-order valence-electron chi connectivity index (χ4n) is 7.95. The van der Waals surface area contributed by atoms with E-state index in [2.05, 4.69) is 52.0 Å². The highest BCUT2D eigenvalue weighted by Crippen LogP contribution is 2.63. The second-order valence-electron chi connectivity index (χ2n) is 11.7. The minimum absolute atomic E-state index is 0.241. The molecule has 2 saturated carbocycles. The van der Waals surface area contributed by atoms with E-state index < -0.39 is 0 Å². The maximum atomic E-state index is 14.1. The molecule has 0 bridgehead atoms. The van der Waals surface area contributed by atoms with Crippen molar-refractivity contribution >= 4 is 11.9 Å². The van der Waals surface area contributed by atoms with E-state index in [9.17, 15) is 4.79 Å². The first kappa shape index (κ1) is 21.2. The highest BCUT2D eigenvalue weighted by Gasteiger charge is 2.58. The average molecular weight is 418 g/mol. The molecule has 0 saturated heterocycles. The summed E-state index contributed by atoms with van der Waals surface area (Å²) in [6, 6.07) is 7.96. The number of Topliss-reactive ketones (excluding diaryl/α,β-unsaturated/α-hetero) is 1. The maximum Gasteiger partial charge on any atom is 0.166 e. The van der Waals surface area contributed by atoms with Gasteiger partial charge in [-0.1, -0.05) is 70.0 Å². The van der Waals surface area contributed by atoms with Crippen LogP contribution in [0.5, 0.6) is 0 Å². The number of rotatable bonds is 3. The highest BCUT2D eigenvalue weighted by atomic mass is 16.1. The molecule has 6 unspecified atom stereocenters. The quantitative estimate of drug-likeness (QED) is 0.545. The van der Waals surface area contributed by atoms with Gasteiger partial charge in [0.2, 0.25) is 0 Å². The van der Waals surface area contributed by atoms with Gasteiger partial charge in [-0.05, 0) is 84.8 Å². The number of nitrogens with two attached hydrogens (primary N) is 1. The zero-order chi connectivity index (χ0) is 22.0. The molecule has 2 fully saturated rings. The molecule has 1 aromatic carbocycles. The van der Waals surface area contributed by atoms with Crippen molar-refractivity contribution < 1.29 is 4.79 Å². The van der Waals surface area contributed by atoms with Crippen LogP contribution in [0.15, 0.2) is 41.5 Å². The molecule has 4 aliphatic rings. The Morgan fingerprint density at radius 2 is 1.90 bits per heavy atom. The second-order valence-corrected chi connectivity index (χ2v) is 11.7. The summed E-state index contributed by atoms with van der Waals surface area (Å²) in [5.74, 6) is 3.00. The summed E-state index contributed by atoms with van der Waals surface area (Å²) >= 11 is 0. The number of benzene rings is 1. The lowest BCUT2D eigenvalue weighted by atomic mass is 9.45. The third kappa shape index (κ3) is 3.12. The zero-order valence-corrected chi connectivity index (χ0v) is 19.8. The molecule has 2 heteroatoms. The lowest BCUT2D eigenvalue weighted by Crippen LogP contribution is -2.54. The van der Waals surface area contributed by atoms with Crippen molar-refractivity contribution in [1.29, 1.82) is 0 Å². The molecule has 166 valence electrons. The summed E-state index contributed by atoms with van der Waals surface area (Å²) in [5, 5.41) is 0. The second kappa shape index (κ2) is 7.44. The number of hydrogen-bond donors (Lipinski definition) is 1. The molecule has 5 rings (SSSR count). The number of ketones is 1. The molecule has 6 atom stereocenters. The van der Waals surface area contributed by atoms with Crippen molar-refractivity contribution in [1.82, 2.24) is 0 Å². The summed E-state index contributed by atoms with van der Waals surface area (Å²) in [4.78, 5) is 14.1. The molecular weight excluding hydrogens is 378 g/mol. The molecule has 2 N–H and O–H groups in total. The SMILES string of the molecule is CC(C)C1CCC2C(=CCC3C(C)(C(=O)C4=Cc5ccccc5C4N)CCCC23C)C1. The first-order valence-electron chi connectivity index (χ1n) is 12.6. The number of hydrogen-bond acceptors (Lipinski definition) is 2. The Morgan fingerprint density at radius 1 is 1.13 bits per heavy atom. The van der Waals surface area contributed by atoms with E-state index in [4.69, 9.17) is 5.73 Å². The van der Waals surface area contributed by atoms with E-state index in [-0.39, 0.29) is 16.9 Å². The highest BCUT2D eigenvalue weighted by molar-refractivity contribution is 6.06. The predicted molar refractivity (Wildman–Crippen MR) is 128 cm³/mol. The Kier molecular flexibility index (Phi) is 5.09. The van der Waals surface area contributed by atoms with E-state index in [1.165, 1.54) is 25.7 Å². The van der Waals surface area contributed by atoms with Crippen LogP contribution in [0.2, 0.25) is 0 Å². The monoisotopic (exact) mass is 417 g/mol. The van der Waals surface area contributed by atoms with Crippen molar-refractivity contribution in [3.63, 3.8) is 0 Å². The van der Waals surface area contributed by atoms with Gasteiger partial charge in [0.15, 0.2) is 5.78 Å². The molecule has 31 heavy (non-hydrogen) atoms. The van der Waals surface area contributed by atoms with Gasteiger partial charge in [0.25, 0.3) is 0 Å². The Hall–Kier alpha value is -1.67. The van der Waals surface area contributed by atoms with Gasteiger partial charge >= 0.3 is 0 Å². The molecule has 0 aliphatic heterocycles. The van der Waals surface area contributed by atoms with E-state index in [1.807, 2.05) is 12.1 Å². The van der Waals surface area contributed by atoms with Gasteiger partial charge in [0.1, 0.15) is 0 Å². The van der Waals surface area contributed by atoms with Crippen LogP contribution in [0.3, 0.4) is 0 Å². The van der Waals surface area contributed by atoms with Gasteiger partial charge in [0, 0.05) is 11.0 Å². The van der Waals surface area contributed by atoms with Crippen LogP contribution in [0.1, 0.15) is 89.8 Å². The number of fused-ring (bicyclic) bond motifs is 4. The van der Waals surface area contributed by atoms with Gasteiger partial charge in [-0.2, -0.15) is 0 Å².